The van der Waals surface area contributed by atoms with Crippen molar-refractivity contribution in [2.24, 2.45) is 5.92 Å². The van der Waals surface area contributed by atoms with Gasteiger partial charge >= 0.3 is 5.97 Å². The molecule has 27 heavy (non-hydrogen) atoms. The summed E-state index contributed by atoms with van der Waals surface area (Å²) in [7, 11) is 0. The summed E-state index contributed by atoms with van der Waals surface area (Å²) >= 11 is 0. The lowest BCUT2D eigenvalue weighted by molar-refractivity contribution is -0.156. The molecular formula is C22H23NO4. The molecule has 0 radical (unpaired) electrons. The quantitative estimate of drug-likeness (QED) is 0.604. The molecule has 0 aliphatic carbocycles. The molecule has 140 valence electrons. The third-order valence-corrected chi connectivity index (χ3v) is 4.82. The van der Waals surface area contributed by atoms with E-state index in [0.29, 0.717) is 13.0 Å². The number of carbonyl (C=O) groups excluding carboxylic acids is 3. The van der Waals surface area contributed by atoms with Crippen LogP contribution in [0.3, 0.4) is 0 Å². The molecule has 1 saturated heterocycles. The Balaban J connectivity index is 1.82. The molecule has 0 spiro atoms. The highest BCUT2D eigenvalue weighted by molar-refractivity contribution is 6.02. The maximum atomic E-state index is 13.3. The van der Waals surface area contributed by atoms with E-state index in [4.69, 9.17) is 4.74 Å². The van der Waals surface area contributed by atoms with E-state index in [9.17, 15) is 14.4 Å². The maximum absolute atomic E-state index is 13.3. The molecule has 2 aromatic rings. The van der Waals surface area contributed by atoms with Crippen molar-refractivity contribution in [2.45, 2.75) is 19.3 Å². The van der Waals surface area contributed by atoms with Gasteiger partial charge in [-0.25, -0.2) is 0 Å². The van der Waals surface area contributed by atoms with Crippen molar-refractivity contribution in [1.29, 1.82) is 0 Å². The van der Waals surface area contributed by atoms with Crippen molar-refractivity contribution in [3.8, 4) is 0 Å². The molecular weight excluding hydrogens is 342 g/mol. The summed E-state index contributed by atoms with van der Waals surface area (Å²) in [6.07, 6.45) is 0.305. The molecule has 1 unspecified atom stereocenters. The van der Waals surface area contributed by atoms with Crippen LogP contribution in [0.2, 0.25) is 0 Å². The number of rotatable bonds is 5. The first-order chi connectivity index (χ1) is 13.1. The fraction of sp³-hybridized carbons (Fsp3) is 0.318. The van der Waals surface area contributed by atoms with Gasteiger partial charge in [0.2, 0.25) is 5.91 Å². The minimum atomic E-state index is -0.763. The van der Waals surface area contributed by atoms with Gasteiger partial charge in [-0.3, -0.25) is 14.4 Å². The van der Waals surface area contributed by atoms with E-state index < -0.39 is 17.8 Å². The highest BCUT2D eigenvalue weighted by atomic mass is 16.5. The third kappa shape index (κ3) is 4.25. The first-order valence-corrected chi connectivity index (χ1v) is 9.19. The lowest BCUT2D eigenvalue weighted by atomic mass is 9.88. The number of nitrogens with zero attached hydrogens (tertiary/aromatic N) is 1. The van der Waals surface area contributed by atoms with E-state index in [1.807, 2.05) is 60.7 Å². The van der Waals surface area contributed by atoms with Gasteiger partial charge in [0.15, 0.2) is 5.78 Å². The molecule has 2 aromatic carbocycles. The zero-order valence-corrected chi connectivity index (χ0v) is 15.3. The number of ketones is 1. The molecule has 5 nitrogen and oxygen atoms in total. The zero-order chi connectivity index (χ0) is 19.2. The standard InChI is InChI=1S/C22H23NO4/c1-2-27-22(26)18-13-14-23(15-19(18)24)21(25)20(16-9-5-3-6-10-16)17-11-7-4-8-12-17/h3-12,18,20H,2,13-15H2,1H3. The van der Waals surface area contributed by atoms with E-state index in [1.54, 1.807) is 11.8 Å². The van der Waals surface area contributed by atoms with Crippen molar-refractivity contribution >= 4 is 17.7 Å². The minimum Gasteiger partial charge on any atom is -0.465 e. The van der Waals surface area contributed by atoms with Gasteiger partial charge in [0, 0.05) is 6.54 Å². The summed E-state index contributed by atoms with van der Waals surface area (Å²) in [6, 6.07) is 19.1. The van der Waals surface area contributed by atoms with Crippen LogP contribution in [-0.4, -0.2) is 42.3 Å². The molecule has 1 amide bonds. The van der Waals surface area contributed by atoms with Crippen LogP contribution in [0.1, 0.15) is 30.4 Å². The summed E-state index contributed by atoms with van der Waals surface area (Å²) < 4.78 is 4.97. The molecule has 0 saturated carbocycles. The molecule has 5 heteroatoms. The molecule has 0 N–H and O–H groups in total. The van der Waals surface area contributed by atoms with Gasteiger partial charge in [-0.05, 0) is 24.5 Å². The van der Waals surface area contributed by atoms with Crippen LogP contribution in [0.4, 0.5) is 0 Å². The first kappa shape index (κ1) is 18.8. The highest BCUT2D eigenvalue weighted by Gasteiger charge is 2.37. The molecule has 1 aliphatic rings. The Morgan fingerprint density at radius 3 is 2.07 bits per heavy atom. The molecule has 1 fully saturated rings. The summed E-state index contributed by atoms with van der Waals surface area (Å²) in [6.45, 7) is 2.27. The van der Waals surface area contributed by atoms with E-state index in [2.05, 4.69) is 0 Å². The number of likely N-dealkylation sites (tertiary alicyclic amines) is 1. The number of piperidine rings is 1. The van der Waals surface area contributed by atoms with Crippen LogP contribution in [0, 0.1) is 5.92 Å². The number of amides is 1. The summed E-state index contributed by atoms with van der Waals surface area (Å²) in [5.41, 5.74) is 1.77. The third-order valence-electron chi connectivity index (χ3n) is 4.82. The summed E-state index contributed by atoms with van der Waals surface area (Å²) in [5.74, 6) is -2.10. The molecule has 1 atom stereocenters. The zero-order valence-electron chi connectivity index (χ0n) is 15.3. The van der Waals surface area contributed by atoms with Crippen LogP contribution in [0.5, 0.6) is 0 Å². The number of esters is 1. The average Bonchev–Trinajstić information content (AvgIpc) is 2.70. The molecule has 0 bridgehead atoms. The van der Waals surface area contributed by atoms with Crippen molar-refractivity contribution in [3.63, 3.8) is 0 Å². The predicted octanol–water partition coefficient (Wildman–Crippen LogP) is 2.80. The lowest BCUT2D eigenvalue weighted by Crippen LogP contribution is -2.48. The number of Topliss-reactive ketones (excluding diaryl/α,β-unsaturated/α-hetero) is 1. The highest BCUT2D eigenvalue weighted by Crippen LogP contribution is 2.28. The second kappa shape index (κ2) is 8.62. The fourth-order valence-electron chi connectivity index (χ4n) is 3.45. The van der Waals surface area contributed by atoms with Gasteiger partial charge in [0.05, 0.1) is 19.1 Å². The lowest BCUT2D eigenvalue weighted by Gasteiger charge is -2.32. The molecule has 1 heterocycles. The van der Waals surface area contributed by atoms with Gasteiger partial charge < -0.3 is 9.64 Å². The Morgan fingerprint density at radius 2 is 1.59 bits per heavy atom. The molecule has 3 rings (SSSR count). The number of benzene rings is 2. The Bertz CT molecular complexity index is 764. The largest absolute Gasteiger partial charge is 0.465 e. The van der Waals surface area contributed by atoms with Crippen LogP contribution in [0.25, 0.3) is 0 Å². The Labute approximate surface area is 158 Å². The van der Waals surface area contributed by atoms with Gasteiger partial charge in [0.25, 0.3) is 0 Å². The number of hydrogen-bond donors (Lipinski definition) is 0. The number of hydrogen-bond acceptors (Lipinski definition) is 4. The van der Waals surface area contributed by atoms with Crippen LogP contribution in [-0.2, 0) is 19.1 Å². The average molecular weight is 365 g/mol. The van der Waals surface area contributed by atoms with Gasteiger partial charge in [-0.15, -0.1) is 0 Å². The maximum Gasteiger partial charge on any atom is 0.316 e. The van der Waals surface area contributed by atoms with Gasteiger partial charge in [0.1, 0.15) is 5.92 Å². The van der Waals surface area contributed by atoms with Crippen molar-refractivity contribution in [3.05, 3.63) is 71.8 Å². The topological polar surface area (TPSA) is 63.7 Å². The predicted molar refractivity (Wildman–Crippen MR) is 101 cm³/mol. The van der Waals surface area contributed by atoms with Crippen LogP contribution < -0.4 is 0 Å². The number of ether oxygens (including phenoxy) is 1. The second-order valence-corrected chi connectivity index (χ2v) is 6.57. The van der Waals surface area contributed by atoms with E-state index in [-0.39, 0.29) is 24.8 Å². The number of carbonyl (C=O) groups is 3. The normalized spacial score (nSPS) is 17.0. The van der Waals surface area contributed by atoms with E-state index in [1.165, 1.54) is 0 Å². The molecule has 0 aromatic heterocycles. The van der Waals surface area contributed by atoms with Crippen LogP contribution in [0.15, 0.2) is 60.7 Å². The Morgan fingerprint density at radius 1 is 1.04 bits per heavy atom. The van der Waals surface area contributed by atoms with Crippen LogP contribution >= 0.6 is 0 Å². The van der Waals surface area contributed by atoms with Crippen molar-refractivity contribution in [1.82, 2.24) is 4.90 Å². The van der Waals surface area contributed by atoms with E-state index >= 15 is 0 Å². The summed E-state index contributed by atoms with van der Waals surface area (Å²) in [5, 5.41) is 0. The fourth-order valence-corrected chi connectivity index (χ4v) is 3.45. The second-order valence-electron chi connectivity index (χ2n) is 6.57. The minimum absolute atomic E-state index is 0.0571. The SMILES string of the molecule is CCOC(=O)C1CCN(C(=O)C(c2ccccc2)c2ccccc2)CC1=O. The molecule has 1 aliphatic heterocycles. The van der Waals surface area contributed by atoms with Gasteiger partial charge in [-0.1, -0.05) is 60.7 Å². The van der Waals surface area contributed by atoms with Gasteiger partial charge in [-0.2, -0.15) is 0 Å². The van der Waals surface area contributed by atoms with E-state index in [0.717, 1.165) is 11.1 Å². The first-order valence-electron chi connectivity index (χ1n) is 9.19. The van der Waals surface area contributed by atoms with Crippen molar-refractivity contribution < 1.29 is 19.1 Å². The van der Waals surface area contributed by atoms with Crippen molar-refractivity contribution in [2.75, 3.05) is 19.7 Å². The smallest absolute Gasteiger partial charge is 0.316 e. The Kier molecular flexibility index (Phi) is 6.01. The Hall–Kier alpha value is -2.95. The summed E-state index contributed by atoms with van der Waals surface area (Å²) in [4.78, 5) is 39.2. The monoisotopic (exact) mass is 365 g/mol.